The molecule has 0 saturated carbocycles. The molecule has 150 valence electrons. The van der Waals surface area contributed by atoms with Crippen molar-refractivity contribution in [3.8, 4) is 0 Å². The summed E-state index contributed by atoms with van der Waals surface area (Å²) in [6.45, 7) is 14.7. The molecule has 0 radical (unpaired) electrons. The van der Waals surface area contributed by atoms with Gasteiger partial charge in [-0.1, -0.05) is 45.6 Å². The summed E-state index contributed by atoms with van der Waals surface area (Å²) in [5.74, 6) is -2.41. The Morgan fingerprint density at radius 2 is 1.74 bits per heavy atom. The summed E-state index contributed by atoms with van der Waals surface area (Å²) in [6.07, 6.45) is 3.01. The first-order valence-electron chi connectivity index (χ1n) is 9.48. The Kier molecular flexibility index (Phi) is 9.40. The predicted octanol–water partition coefficient (Wildman–Crippen LogP) is 7.38. The SMILES string of the molecule is C=C(OCC)/C(F)=C(/F)C(=C)C(C)CCC(C)CCc1ccc(C)cc1F. The van der Waals surface area contributed by atoms with E-state index >= 15 is 0 Å². The van der Waals surface area contributed by atoms with E-state index in [2.05, 4.69) is 20.1 Å². The monoisotopic (exact) mass is 380 g/mol. The van der Waals surface area contributed by atoms with Crippen LogP contribution in [0.25, 0.3) is 0 Å². The van der Waals surface area contributed by atoms with Gasteiger partial charge in [0.05, 0.1) is 6.61 Å². The van der Waals surface area contributed by atoms with Crippen LogP contribution in [0.4, 0.5) is 13.2 Å². The van der Waals surface area contributed by atoms with Crippen molar-refractivity contribution < 1.29 is 17.9 Å². The Balaban J connectivity index is 2.52. The quantitative estimate of drug-likeness (QED) is 0.287. The van der Waals surface area contributed by atoms with Crippen molar-refractivity contribution in [1.82, 2.24) is 0 Å². The number of hydrogen-bond acceptors (Lipinski definition) is 1. The van der Waals surface area contributed by atoms with Crippen LogP contribution in [0.15, 0.2) is 54.3 Å². The number of ether oxygens (including phenoxy) is 1. The van der Waals surface area contributed by atoms with Crippen molar-refractivity contribution >= 4 is 0 Å². The minimum absolute atomic E-state index is 0.116. The second-order valence-electron chi connectivity index (χ2n) is 7.23. The van der Waals surface area contributed by atoms with Gasteiger partial charge in [0.1, 0.15) is 5.82 Å². The van der Waals surface area contributed by atoms with E-state index in [0.29, 0.717) is 18.8 Å². The first-order chi connectivity index (χ1) is 12.7. The third kappa shape index (κ3) is 7.28. The molecule has 27 heavy (non-hydrogen) atoms. The van der Waals surface area contributed by atoms with Crippen LogP contribution in [0.3, 0.4) is 0 Å². The predicted molar refractivity (Wildman–Crippen MR) is 106 cm³/mol. The molecule has 1 nitrogen and oxygen atoms in total. The highest BCUT2D eigenvalue weighted by Crippen LogP contribution is 2.30. The van der Waals surface area contributed by atoms with E-state index in [0.717, 1.165) is 24.0 Å². The first-order valence-corrected chi connectivity index (χ1v) is 9.48. The molecule has 0 heterocycles. The molecular weight excluding hydrogens is 349 g/mol. The van der Waals surface area contributed by atoms with Gasteiger partial charge in [0.2, 0.25) is 0 Å². The summed E-state index contributed by atoms with van der Waals surface area (Å²) in [5, 5.41) is 0. The molecule has 0 N–H and O–H groups in total. The topological polar surface area (TPSA) is 9.23 Å². The maximum Gasteiger partial charge on any atom is 0.200 e. The van der Waals surface area contributed by atoms with E-state index in [1.165, 1.54) is 0 Å². The molecule has 0 aliphatic heterocycles. The number of allylic oxidation sites excluding steroid dienone is 3. The molecule has 0 saturated heterocycles. The van der Waals surface area contributed by atoms with Gasteiger partial charge in [-0.15, -0.1) is 0 Å². The molecule has 2 atom stereocenters. The minimum Gasteiger partial charge on any atom is -0.491 e. The van der Waals surface area contributed by atoms with Crippen LogP contribution in [0.2, 0.25) is 0 Å². The lowest BCUT2D eigenvalue weighted by Crippen LogP contribution is -2.06. The van der Waals surface area contributed by atoms with Gasteiger partial charge in [-0.25, -0.2) is 8.78 Å². The highest BCUT2D eigenvalue weighted by atomic mass is 19.2. The summed E-state index contributed by atoms with van der Waals surface area (Å²) in [5.41, 5.74) is 1.74. The van der Waals surface area contributed by atoms with E-state index < -0.39 is 11.7 Å². The number of rotatable bonds is 11. The number of benzene rings is 1. The van der Waals surface area contributed by atoms with E-state index in [1.807, 2.05) is 26.0 Å². The molecule has 0 aliphatic rings. The van der Waals surface area contributed by atoms with Gasteiger partial charge in [-0.2, -0.15) is 4.39 Å². The second-order valence-corrected chi connectivity index (χ2v) is 7.23. The fraction of sp³-hybridized carbons (Fsp3) is 0.478. The Morgan fingerprint density at radius 1 is 1.07 bits per heavy atom. The van der Waals surface area contributed by atoms with Crippen LogP contribution in [-0.4, -0.2) is 6.61 Å². The molecule has 2 unspecified atom stereocenters. The summed E-state index contributed by atoms with van der Waals surface area (Å²) < 4.78 is 47.0. The summed E-state index contributed by atoms with van der Waals surface area (Å²) >= 11 is 0. The summed E-state index contributed by atoms with van der Waals surface area (Å²) in [7, 11) is 0. The third-order valence-corrected chi connectivity index (χ3v) is 4.84. The van der Waals surface area contributed by atoms with E-state index in [9.17, 15) is 13.2 Å². The van der Waals surface area contributed by atoms with Crippen molar-refractivity contribution in [3.63, 3.8) is 0 Å². The Bertz CT molecular complexity index is 691. The molecule has 1 aromatic carbocycles. The molecule has 1 rings (SSSR count). The van der Waals surface area contributed by atoms with Crippen LogP contribution in [-0.2, 0) is 11.2 Å². The zero-order valence-corrected chi connectivity index (χ0v) is 16.9. The van der Waals surface area contributed by atoms with Gasteiger partial charge < -0.3 is 4.74 Å². The molecule has 0 fully saturated rings. The number of hydrogen-bond donors (Lipinski definition) is 0. The lowest BCUT2D eigenvalue weighted by atomic mass is 9.89. The normalized spacial score (nSPS) is 14.3. The van der Waals surface area contributed by atoms with E-state index in [1.54, 1.807) is 13.0 Å². The number of halogens is 3. The summed E-state index contributed by atoms with van der Waals surface area (Å²) in [4.78, 5) is 0. The lowest BCUT2D eigenvalue weighted by molar-refractivity contribution is 0.223. The Morgan fingerprint density at radius 3 is 2.33 bits per heavy atom. The molecule has 0 aliphatic carbocycles. The lowest BCUT2D eigenvalue weighted by Gasteiger charge is -2.18. The standard InChI is InChI=1S/C23H31F3O/c1-7-27-19(6)23(26)22(25)18(5)17(4)11-8-15(2)9-12-20-13-10-16(3)14-21(20)24/h10,13-15,17H,5-9,11-12H2,1-4H3/b23-22-. The highest BCUT2D eigenvalue weighted by molar-refractivity contribution is 5.33. The van der Waals surface area contributed by atoms with Crippen molar-refractivity contribution in [3.05, 3.63) is 71.3 Å². The Labute approximate surface area is 161 Å². The van der Waals surface area contributed by atoms with Gasteiger partial charge >= 0.3 is 0 Å². The van der Waals surface area contributed by atoms with Gasteiger partial charge in [0.15, 0.2) is 17.4 Å². The zero-order valence-electron chi connectivity index (χ0n) is 16.9. The molecule has 1 aromatic rings. The van der Waals surface area contributed by atoms with Crippen LogP contribution >= 0.6 is 0 Å². The van der Waals surface area contributed by atoms with Gasteiger partial charge in [0, 0.05) is 0 Å². The van der Waals surface area contributed by atoms with Crippen LogP contribution < -0.4 is 0 Å². The van der Waals surface area contributed by atoms with Crippen molar-refractivity contribution in [1.29, 1.82) is 0 Å². The average Bonchev–Trinajstić information content (AvgIpc) is 2.63. The first kappa shape index (κ1) is 23.1. The molecular formula is C23H31F3O. The van der Waals surface area contributed by atoms with E-state index in [4.69, 9.17) is 4.74 Å². The Hall–Kier alpha value is -1.97. The maximum atomic E-state index is 14.2. The van der Waals surface area contributed by atoms with Gasteiger partial charge in [-0.3, -0.25) is 0 Å². The average molecular weight is 380 g/mol. The van der Waals surface area contributed by atoms with Crippen LogP contribution in [0.5, 0.6) is 0 Å². The van der Waals surface area contributed by atoms with Crippen molar-refractivity contribution in [2.75, 3.05) is 6.61 Å². The molecule has 4 heteroatoms. The molecule has 0 spiro atoms. The van der Waals surface area contributed by atoms with Crippen molar-refractivity contribution in [2.45, 2.75) is 53.4 Å². The molecule has 0 bridgehead atoms. The van der Waals surface area contributed by atoms with Crippen LogP contribution in [0.1, 0.15) is 51.2 Å². The largest absolute Gasteiger partial charge is 0.491 e. The maximum absolute atomic E-state index is 14.2. The zero-order chi connectivity index (χ0) is 20.6. The number of aryl methyl sites for hydroxylation is 2. The minimum atomic E-state index is -1.09. The van der Waals surface area contributed by atoms with E-state index in [-0.39, 0.29) is 29.7 Å². The van der Waals surface area contributed by atoms with Crippen molar-refractivity contribution in [2.24, 2.45) is 11.8 Å². The summed E-state index contributed by atoms with van der Waals surface area (Å²) in [6, 6.07) is 5.29. The van der Waals surface area contributed by atoms with Gasteiger partial charge in [0.25, 0.3) is 0 Å². The van der Waals surface area contributed by atoms with Gasteiger partial charge in [-0.05, 0) is 67.7 Å². The highest BCUT2D eigenvalue weighted by Gasteiger charge is 2.19. The third-order valence-electron chi connectivity index (χ3n) is 4.84. The molecule has 0 aromatic heterocycles. The smallest absolute Gasteiger partial charge is 0.200 e. The fourth-order valence-electron chi connectivity index (χ4n) is 2.83. The second kappa shape index (κ2) is 11.0. The fourth-order valence-corrected chi connectivity index (χ4v) is 2.83. The van der Waals surface area contributed by atoms with Crippen LogP contribution in [0, 0.1) is 24.6 Å². The molecule has 0 amide bonds.